The van der Waals surface area contributed by atoms with Gasteiger partial charge in [-0.25, -0.2) is 0 Å². The van der Waals surface area contributed by atoms with Crippen molar-refractivity contribution >= 4 is 23.2 Å². The normalized spacial score (nSPS) is 11.8. The van der Waals surface area contributed by atoms with Crippen LogP contribution < -0.4 is 10.1 Å². The first-order chi connectivity index (χ1) is 10.0. The Morgan fingerprint density at radius 3 is 2.48 bits per heavy atom. The number of anilines is 1. The third-order valence-electron chi connectivity index (χ3n) is 3.06. The van der Waals surface area contributed by atoms with Crippen LogP contribution in [0.3, 0.4) is 0 Å². The molecule has 0 bridgehead atoms. The molecule has 2 aromatic carbocycles. The highest BCUT2D eigenvalue weighted by atomic mass is 35.5. The fraction of sp³-hybridized carbons (Fsp3) is 0.188. The highest BCUT2D eigenvalue weighted by Crippen LogP contribution is 2.24. The third kappa shape index (κ3) is 3.74. The molecule has 2 N–H and O–H groups in total. The van der Waals surface area contributed by atoms with Crippen LogP contribution in [0.4, 0.5) is 5.69 Å². The van der Waals surface area contributed by atoms with E-state index in [9.17, 15) is 9.90 Å². The molecule has 1 atom stereocenters. The summed E-state index contributed by atoms with van der Waals surface area (Å²) in [7, 11) is 1.50. The molecule has 0 aromatic heterocycles. The number of methoxy groups -OCH3 is 1. The van der Waals surface area contributed by atoms with E-state index in [2.05, 4.69) is 5.32 Å². The number of rotatable bonds is 4. The molecule has 4 nitrogen and oxygen atoms in total. The van der Waals surface area contributed by atoms with Gasteiger partial charge in [-0.05, 0) is 42.8 Å². The zero-order valence-corrected chi connectivity index (χ0v) is 12.5. The van der Waals surface area contributed by atoms with E-state index >= 15 is 0 Å². The number of carbonyl (C=O) groups is 1. The number of carbonyl (C=O) groups excluding carboxylic acids is 1. The molecule has 110 valence electrons. The van der Waals surface area contributed by atoms with Crippen LogP contribution in [0.15, 0.2) is 42.5 Å². The molecule has 21 heavy (non-hydrogen) atoms. The van der Waals surface area contributed by atoms with Gasteiger partial charge in [-0.1, -0.05) is 23.7 Å². The van der Waals surface area contributed by atoms with Gasteiger partial charge < -0.3 is 15.2 Å². The minimum absolute atomic E-state index is 0.306. The Hall–Kier alpha value is -2.04. The minimum Gasteiger partial charge on any atom is -0.496 e. The Morgan fingerprint density at radius 1 is 1.24 bits per heavy atom. The molecule has 0 fully saturated rings. The van der Waals surface area contributed by atoms with Gasteiger partial charge in [0.1, 0.15) is 5.75 Å². The van der Waals surface area contributed by atoms with Crippen LogP contribution >= 0.6 is 11.6 Å². The predicted octanol–water partition coefficient (Wildman–Crippen LogP) is 3.65. The maximum atomic E-state index is 12.3. The SMILES string of the molecule is COc1ccc(Cl)cc1C(=O)Nc1ccc([C@H](C)O)cc1. The summed E-state index contributed by atoms with van der Waals surface area (Å²) in [4.78, 5) is 12.3. The van der Waals surface area contributed by atoms with Crippen molar-refractivity contribution < 1.29 is 14.6 Å². The number of hydrogen-bond donors (Lipinski definition) is 2. The largest absolute Gasteiger partial charge is 0.496 e. The molecule has 0 aliphatic rings. The molecule has 0 aliphatic heterocycles. The highest BCUT2D eigenvalue weighted by Gasteiger charge is 2.13. The van der Waals surface area contributed by atoms with E-state index < -0.39 is 6.10 Å². The Morgan fingerprint density at radius 2 is 1.90 bits per heavy atom. The quantitative estimate of drug-likeness (QED) is 0.906. The van der Waals surface area contributed by atoms with Gasteiger partial charge in [0.15, 0.2) is 0 Å². The molecule has 0 radical (unpaired) electrons. The highest BCUT2D eigenvalue weighted by molar-refractivity contribution is 6.31. The van der Waals surface area contributed by atoms with Crippen LogP contribution in [-0.2, 0) is 0 Å². The lowest BCUT2D eigenvalue weighted by Gasteiger charge is -2.11. The maximum Gasteiger partial charge on any atom is 0.259 e. The summed E-state index contributed by atoms with van der Waals surface area (Å²) in [6.07, 6.45) is -0.539. The average molecular weight is 306 g/mol. The minimum atomic E-state index is -0.539. The number of hydrogen-bond acceptors (Lipinski definition) is 3. The zero-order chi connectivity index (χ0) is 15.4. The molecule has 2 rings (SSSR count). The molecule has 0 spiro atoms. The smallest absolute Gasteiger partial charge is 0.259 e. The number of aliphatic hydroxyl groups excluding tert-OH is 1. The Labute approximate surface area is 128 Å². The number of amides is 1. The number of nitrogens with one attached hydrogen (secondary N) is 1. The first-order valence-electron chi connectivity index (χ1n) is 6.44. The second-order valence-corrected chi connectivity index (χ2v) is 5.03. The van der Waals surface area contributed by atoms with Crippen molar-refractivity contribution in [2.75, 3.05) is 12.4 Å². The van der Waals surface area contributed by atoms with Crippen molar-refractivity contribution in [1.29, 1.82) is 0 Å². The van der Waals surface area contributed by atoms with E-state index in [0.29, 0.717) is 22.0 Å². The van der Waals surface area contributed by atoms with E-state index in [-0.39, 0.29) is 5.91 Å². The topological polar surface area (TPSA) is 58.6 Å². The van der Waals surface area contributed by atoms with E-state index in [1.54, 1.807) is 49.4 Å². The van der Waals surface area contributed by atoms with Gasteiger partial charge in [-0.2, -0.15) is 0 Å². The van der Waals surface area contributed by atoms with Gasteiger partial charge in [0, 0.05) is 10.7 Å². The molecular formula is C16H16ClNO3. The van der Waals surface area contributed by atoms with Crippen molar-refractivity contribution in [3.63, 3.8) is 0 Å². The molecule has 0 aliphatic carbocycles. The number of aliphatic hydroxyl groups is 1. The first-order valence-corrected chi connectivity index (χ1v) is 6.82. The molecule has 1 amide bonds. The van der Waals surface area contributed by atoms with E-state index in [4.69, 9.17) is 16.3 Å². The van der Waals surface area contributed by atoms with Crippen LogP contribution in [0.2, 0.25) is 5.02 Å². The summed E-state index contributed by atoms with van der Waals surface area (Å²) in [6, 6.07) is 11.8. The van der Waals surface area contributed by atoms with E-state index in [0.717, 1.165) is 5.56 Å². The van der Waals surface area contributed by atoms with Crippen LogP contribution in [-0.4, -0.2) is 18.1 Å². The molecule has 0 saturated carbocycles. The van der Waals surface area contributed by atoms with Crippen LogP contribution in [0, 0.1) is 0 Å². The van der Waals surface area contributed by atoms with Crippen molar-refractivity contribution in [3.05, 3.63) is 58.6 Å². The van der Waals surface area contributed by atoms with Crippen molar-refractivity contribution in [2.45, 2.75) is 13.0 Å². The molecule has 0 unspecified atom stereocenters. The molecule has 2 aromatic rings. The summed E-state index contributed by atoms with van der Waals surface area (Å²) in [6.45, 7) is 1.68. The van der Waals surface area contributed by atoms with E-state index in [1.165, 1.54) is 7.11 Å². The van der Waals surface area contributed by atoms with Crippen molar-refractivity contribution in [2.24, 2.45) is 0 Å². The van der Waals surface area contributed by atoms with Crippen molar-refractivity contribution in [1.82, 2.24) is 0 Å². The summed E-state index contributed by atoms with van der Waals surface area (Å²) >= 11 is 5.91. The van der Waals surface area contributed by atoms with E-state index in [1.807, 2.05) is 0 Å². The predicted molar refractivity (Wildman–Crippen MR) is 83.0 cm³/mol. The van der Waals surface area contributed by atoms with Crippen LogP contribution in [0.5, 0.6) is 5.75 Å². The van der Waals surface area contributed by atoms with Gasteiger partial charge in [0.25, 0.3) is 5.91 Å². The Balaban J connectivity index is 2.19. The van der Waals surface area contributed by atoms with Gasteiger partial charge in [0.05, 0.1) is 18.8 Å². The lowest BCUT2D eigenvalue weighted by atomic mass is 10.1. The summed E-state index contributed by atoms with van der Waals surface area (Å²) < 4.78 is 5.16. The van der Waals surface area contributed by atoms with Crippen molar-refractivity contribution in [3.8, 4) is 5.75 Å². The maximum absolute atomic E-state index is 12.3. The average Bonchev–Trinajstić information content (AvgIpc) is 2.47. The summed E-state index contributed by atoms with van der Waals surface area (Å²) in [5, 5.41) is 12.7. The van der Waals surface area contributed by atoms with Gasteiger partial charge in [-0.3, -0.25) is 4.79 Å². The Kier molecular flexibility index (Phi) is 4.83. The standard InChI is InChI=1S/C16H16ClNO3/c1-10(19)11-3-6-13(7-4-11)18-16(20)14-9-12(17)5-8-15(14)21-2/h3-10,19H,1-2H3,(H,18,20)/t10-/m0/s1. The lowest BCUT2D eigenvalue weighted by Crippen LogP contribution is -2.13. The number of halogens is 1. The number of ether oxygens (including phenoxy) is 1. The lowest BCUT2D eigenvalue weighted by molar-refractivity contribution is 0.102. The second kappa shape index (κ2) is 6.61. The molecular weight excluding hydrogens is 290 g/mol. The molecule has 0 heterocycles. The zero-order valence-electron chi connectivity index (χ0n) is 11.8. The number of benzene rings is 2. The molecule has 0 saturated heterocycles. The van der Waals surface area contributed by atoms with Crippen LogP contribution in [0.1, 0.15) is 28.9 Å². The fourth-order valence-corrected chi connectivity index (χ4v) is 2.07. The second-order valence-electron chi connectivity index (χ2n) is 4.60. The van der Waals surface area contributed by atoms with Gasteiger partial charge in [0.2, 0.25) is 0 Å². The van der Waals surface area contributed by atoms with Crippen LogP contribution in [0.25, 0.3) is 0 Å². The summed E-state index contributed by atoms with van der Waals surface area (Å²) in [5.41, 5.74) is 1.78. The summed E-state index contributed by atoms with van der Waals surface area (Å²) in [5.74, 6) is 0.150. The third-order valence-corrected chi connectivity index (χ3v) is 3.29. The monoisotopic (exact) mass is 305 g/mol. The molecule has 5 heteroatoms. The van der Waals surface area contributed by atoms with Gasteiger partial charge >= 0.3 is 0 Å². The van der Waals surface area contributed by atoms with Gasteiger partial charge in [-0.15, -0.1) is 0 Å². The Bertz CT molecular complexity index is 638. The fourth-order valence-electron chi connectivity index (χ4n) is 1.90. The first kappa shape index (κ1) is 15.4.